The first-order valence-corrected chi connectivity index (χ1v) is 11.2. The van der Waals surface area contributed by atoms with Crippen LogP contribution in [0.1, 0.15) is 28.8 Å². The molecule has 1 aliphatic carbocycles. The van der Waals surface area contributed by atoms with Crippen molar-refractivity contribution in [2.75, 3.05) is 11.2 Å². The monoisotopic (exact) mass is 436 g/mol. The third kappa shape index (κ3) is 3.83. The molecule has 3 aromatic carbocycles. The molecule has 152 valence electrons. The highest BCUT2D eigenvalue weighted by Crippen LogP contribution is 2.58. The van der Waals surface area contributed by atoms with Gasteiger partial charge < -0.3 is 0 Å². The Morgan fingerprint density at radius 1 is 1.00 bits per heavy atom. The molecule has 0 radical (unpaired) electrons. The second-order valence-electron chi connectivity index (χ2n) is 7.22. The summed E-state index contributed by atoms with van der Waals surface area (Å²) in [6.07, 6.45) is 3.62. The summed E-state index contributed by atoms with van der Waals surface area (Å²) in [6, 6.07) is 24.6. The fourth-order valence-corrected chi connectivity index (χ4v) is 4.18. The van der Waals surface area contributed by atoms with Gasteiger partial charge in [-0.2, -0.15) is 0 Å². The van der Waals surface area contributed by atoms with Gasteiger partial charge in [0.25, 0.3) is 5.91 Å². The summed E-state index contributed by atoms with van der Waals surface area (Å²) in [5.74, 6) is -0.0264. The molecule has 2 amide bonds. The maximum Gasteiger partial charge on any atom is 0.261 e. The minimum absolute atomic E-state index is 0.126. The third-order valence-electron chi connectivity index (χ3n) is 5.32. The van der Waals surface area contributed by atoms with Gasteiger partial charge in [0.2, 0.25) is 5.91 Å². The molecule has 5 rings (SSSR count). The van der Waals surface area contributed by atoms with Crippen LogP contribution in [-0.2, 0) is 10.2 Å². The number of amides is 2. The first kappa shape index (κ1) is 20.5. The van der Waals surface area contributed by atoms with Gasteiger partial charge in [-0.05, 0) is 54.8 Å². The van der Waals surface area contributed by atoms with E-state index < -0.39 is 0 Å². The average Bonchev–Trinajstić information content (AvgIpc) is 3.53. The summed E-state index contributed by atoms with van der Waals surface area (Å²) < 4.78 is 2.71. The minimum Gasteiger partial charge on any atom is -0.296 e. The van der Waals surface area contributed by atoms with Crippen LogP contribution >= 0.6 is 23.5 Å². The van der Waals surface area contributed by atoms with Crippen molar-refractivity contribution < 1.29 is 9.59 Å². The van der Waals surface area contributed by atoms with Crippen LogP contribution in [0.3, 0.4) is 0 Å². The Labute approximate surface area is 185 Å². The van der Waals surface area contributed by atoms with E-state index in [9.17, 15) is 9.59 Å². The highest BCUT2D eigenvalue weighted by Gasteiger charge is 2.59. The van der Waals surface area contributed by atoms with Crippen LogP contribution in [0.4, 0.5) is 11.4 Å². The number of carbonyl (C=O) groups is 2. The SMILES string of the molecule is CSNC(=O)c1cccc(N2C(=O)C3(CC3)c3ccccc32)c1.Clc1ccccc1. The maximum absolute atomic E-state index is 13.0. The van der Waals surface area contributed by atoms with Crippen molar-refractivity contribution in [3.05, 3.63) is 95.0 Å². The Kier molecular flexibility index (Phi) is 5.84. The van der Waals surface area contributed by atoms with Gasteiger partial charge in [-0.25, -0.2) is 0 Å². The van der Waals surface area contributed by atoms with E-state index in [4.69, 9.17) is 11.6 Å². The van der Waals surface area contributed by atoms with E-state index in [0.717, 1.165) is 34.8 Å². The molecule has 30 heavy (non-hydrogen) atoms. The quantitative estimate of drug-likeness (QED) is 0.532. The average molecular weight is 437 g/mol. The first-order valence-electron chi connectivity index (χ1n) is 9.65. The van der Waals surface area contributed by atoms with Crippen LogP contribution < -0.4 is 9.62 Å². The zero-order valence-electron chi connectivity index (χ0n) is 16.5. The summed E-state index contributed by atoms with van der Waals surface area (Å²) in [4.78, 5) is 26.8. The van der Waals surface area contributed by atoms with Crippen LogP contribution in [0.5, 0.6) is 0 Å². The van der Waals surface area contributed by atoms with Crippen LogP contribution in [0, 0.1) is 0 Å². The summed E-state index contributed by atoms with van der Waals surface area (Å²) in [6.45, 7) is 0. The van der Waals surface area contributed by atoms with Crippen LogP contribution in [0.25, 0.3) is 0 Å². The van der Waals surface area contributed by atoms with Gasteiger partial charge in [0.15, 0.2) is 0 Å². The molecular weight excluding hydrogens is 416 g/mol. The number of halogens is 1. The zero-order valence-corrected chi connectivity index (χ0v) is 18.0. The van der Waals surface area contributed by atoms with Gasteiger partial charge in [-0.3, -0.25) is 19.2 Å². The van der Waals surface area contributed by atoms with Gasteiger partial charge >= 0.3 is 0 Å². The van der Waals surface area contributed by atoms with Gasteiger partial charge in [-0.15, -0.1) is 0 Å². The summed E-state index contributed by atoms with van der Waals surface area (Å²) in [5, 5.41) is 0.794. The molecule has 0 aromatic heterocycles. The van der Waals surface area contributed by atoms with Crippen molar-refractivity contribution >= 4 is 46.7 Å². The van der Waals surface area contributed by atoms with E-state index in [1.807, 2.05) is 66.7 Å². The molecule has 0 unspecified atom stereocenters. The van der Waals surface area contributed by atoms with E-state index in [2.05, 4.69) is 4.72 Å². The molecule has 2 aliphatic rings. The molecule has 0 saturated heterocycles. The highest BCUT2D eigenvalue weighted by atomic mass is 35.5. The predicted molar refractivity (Wildman–Crippen MR) is 123 cm³/mol. The number of nitrogens with zero attached hydrogens (tertiary/aromatic N) is 1. The lowest BCUT2D eigenvalue weighted by molar-refractivity contribution is -0.119. The fourth-order valence-electron chi connectivity index (χ4n) is 3.73. The number of carbonyl (C=O) groups excluding carboxylic acids is 2. The standard InChI is InChI=1S/C18H16N2O2S.C6H5Cl/c1-23-19-16(21)12-5-4-6-13(11-12)20-15-8-3-2-7-14(15)18(9-10-18)17(20)22;7-6-4-2-1-3-5-6/h2-8,11H,9-10H2,1H3,(H,19,21);1-5H. The smallest absolute Gasteiger partial charge is 0.261 e. The van der Waals surface area contributed by atoms with Crippen LogP contribution in [0.15, 0.2) is 78.9 Å². The summed E-state index contributed by atoms with van der Waals surface area (Å²) in [7, 11) is 0. The molecule has 3 aromatic rings. The van der Waals surface area contributed by atoms with Gasteiger partial charge in [0, 0.05) is 22.5 Å². The molecule has 1 N–H and O–H groups in total. The number of anilines is 2. The molecule has 4 nitrogen and oxygen atoms in total. The second-order valence-corrected chi connectivity index (χ2v) is 8.27. The van der Waals surface area contributed by atoms with Crippen molar-refractivity contribution in [2.24, 2.45) is 0 Å². The lowest BCUT2D eigenvalue weighted by Crippen LogP contribution is -2.28. The molecule has 1 saturated carbocycles. The lowest BCUT2D eigenvalue weighted by atomic mass is 9.98. The van der Waals surface area contributed by atoms with Crippen molar-refractivity contribution in [2.45, 2.75) is 18.3 Å². The lowest BCUT2D eigenvalue weighted by Gasteiger charge is -2.19. The maximum atomic E-state index is 13.0. The van der Waals surface area contributed by atoms with Crippen molar-refractivity contribution in [1.82, 2.24) is 4.72 Å². The van der Waals surface area contributed by atoms with Crippen molar-refractivity contribution in [1.29, 1.82) is 0 Å². The molecule has 1 heterocycles. The number of rotatable bonds is 3. The fraction of sp³-hybridized carbons (Fsp3) is 0.167. The predicted octanol–water partition coefficient (Wildman–Crippen LogP) is 5.74. The Balaban J connectivity index is 0.000000265. The normalized spacial score (nSPS) is 15.3. The van der Waals surface area contributed by atoms with E-state index in [1.54, 1.807) is 23.3 Å². The van der Waals surface area contributed by atoms with Gasteiger partial charge in [0.05, 0.1) is 11.1 Å². The van der Waals surface area contributed by atoms with Gasteiger partial charge in [-0.1, -0.05) is 66.0 Å². The van der Waals surface area contributed by atoms with Crippen LogP contribution in [-0.4, -0.2) is 18.1 Å². The molecule has 6 heteroatoms. The van der Waals surface area contributed by atoms with Crippen molar-refractivity contribution in [3.63, 3.8) is 0 Å². The Morgan fingerprint density at radius 2 is 1.70 bits per heavy atom. The number of para-hydroxylation sites is 1. The highest BCUT2D eigenvalue weighted by molar-refractivity contribution is 7.97. The Bertz CT molecular complexity index is 1080. The topological polar surface area (TPSA) is 49.4 Å². The zero-order chi connectivity index (χ0) is 21.1. The Hall–Kier alpha value is -2.76. The Morgan fingerprint density at radius 3 is 2.33 bits per heavy atom. The summed E-state index contributed by atoms with van der Waals surface area (Å²) in [5.41, 5.74) is 3.04. The molecular formula is C24H21ClN2O2S. The second kappa shape index (κ2) is 8.54. The van der Waals surface area contributed by atoms with E-state index >= 15 is 0 Å². The molecule has 1 spiro atoms. The largest absolute Gasteiger partial charge is 0.296 e. The molecule has 1 fully saturated rings. The van der Waals surface area contributed by atoms with Gasteiger partial charge in [0.1, 0.15) is 0 Å². The van der Waals surface area contributed by atoms with E-state index in [0.29, 0.717) is 5.56 Å². The minimum atomic E-state index is -0.325. The first-order chi connectivity index (χ1) is 14.6. The number of benzene rings is 3. The molecule has 0 bridgehead atoms. The summed E-state index contributed by atoms with van der Waals surface area (Å²) >= 11 is 6.80. The molecule has 0 atom stereocenters. The molecule has 1 aliphatic heterocycles. The third-order valence-corrected chi connectivity index (χ3v) is 5.96. The number of fused-ring (bicyclic) bond motifs is 2. The van der Waals surface area contributed by atoms with Crippen LogP contribution in [0.2, 0.25) is 5.02 Å². The van der Waals surface area contributed by atoms with E-state index in [1.165, 1.54) is 11.9 Å². The number of hydrogen-bond donors (Lipinski definition) is 1. The number of hydrogen-bond acceptors (Lipinski definition) is 3. The van der Waals surface area contributed by atoms with Crippen molar-refractivity contribution in [3.8, 4) is 0 Å². The van der Waals surface area contributed by atoms with E-state index in [-0.39, 0.29) is 17.2 Å². The number of nitrogens with one attached hydrogen (secondary N) is 1.